The number of esters is 1. The van der Waals surface area contributed by atoms with Gasteiger partial charge in [-0.05, 0) is 60.7 Å². The predicted molar refractivity (Wildman–Crippen MR) is 151 cm³/mol. The minimum atomic E-state index is -0.579. The minimum absolute atomic E-state index is 0.0371. The Morgan fingerprint density at radius 2 is 1.62 bits per heavy atom. The summed E-state index contributed by atoms with van der Waals surface area (Å²) >= 11 is 0. The summed E-state index contributed by atoms with van der Waals surface area (Å²) in [5, 5.41) is 3.34. The second kappa shape index (κ2) is 12.1. The fourth-order valence-corrected chi connectivity index (χ4v) is 5.25. The molecule has 0 fully saturated rings. The van der Waals surface area contributed by atoms with Gasteiger partial charge in [0.05, 0.1) is 19.8 Å². The van der Waals surface area contributed by atoms with E-state index in [1.807, 2.05) is 79.7 Å². The van der Waals surface area contributed by atoms with Crippen LogP contribution in [0.25, 0.3) is 0 Å². The molecule has 0 spiro atoms. The summed E-state index contributed by atoms with van der Waals surface area (Å²) in [6, 6.07) is 22.8. The van der Waals surface area contributed by atoms with Crippen molar-refractivity contribution in [2.24, 2.45) is 0 Å². The van der Waals surface area contributed by atoms with Gasteiger partial charge in [0.25, 0.3) is 0 Å². The zero-order chi connectivity index (χ0) is 28.1. The average molecular weight is 540 g/mol. The Morgan fingerprint density at radius 3 is 2.35 bits per heavy atom. The van der Waals surface area contributed by atoms with E-state index in [9.17, 15) is 9.59 Å². The quantitative estimate of drug-likeness (QED) is 0.334. The van der Waals surface area contributed by atoms with Crippen LogP contribution in [0, 0.1) is 0 Å². The summed E-state index contributed by atoms with van der Waals surface area (Å²) in [6.45, 7) is 2.34. The number of benzene rings is 3. The molecule has 0 saturated carbocycles. The van der Waals surface area contributed by atoms with Gasteiger partial charge in [-0.3, -0.25) is 4.79 Å². The second-order valence-corrected chi connectivity index (χ2v) is 9.87. The van der Waals surface area contributed by atoms with Crippen molar-refractivity contribution >= 4 is 11.8 Å². The molecule has 0 saturated heterocycles. The van der Waals surface area contributed by atoms with Gasteiger partial charge in [-0.25, -0.2) is 4.79 Å². The van der Waals surface area contributed by atoms with Crippen molar-refractivity contribution in [1.82, 2.24) is 5.32 Å². The number of rotatable bonds is 9. The summed E-state index contributed by atoms with van der Waals surface area (Å²) in [7, 11) is 3.19. The van der Waals surface area contributed by atoms with Crippen LogP contribution in [0.15, 0.2) is 95.3 Å². The third-order valence-electron chi connectivity index (χ3n) is 7.28. The molecule has 0 radical (unpaired) electrons. The normalized spacial score (nSPS) is 16.7. The highest BCUT2D eigenvalue weighted by atomic mass is 16.5. The molecule has 1 N–H and O–H groups in total. The van der Waals surface area contributed by atoms with Crippen LogP contribution in [0.3, 0.4) is 0 Å². The lowest BCUT2D eigenvalue weighted by molar-refractivity contribution is -0.140. The highest BCUT2D eigenvalue weighted by Gasteiger charge is 2.39. The van der Waals surface area contributed by atoms with Crippen LogP contribution in [-0.4, -0.2) is 26.0 Å². The van der Waals surface area contributed by atoms with E-state index in [-0.39, 0.29) is 12.4 Å². The topological polar surface area (TPSA) is 83.1 Å². The molecule has 2 aliphatic rings. The number of carbonyl (C=O) groups excluding carboxylic acids is 2. The molecular formula is C33H33NO6. The summed E-state index contributed by atoms with van der Waals surface area (Å²) in [5.74, 6) is 0.822. The van der Waals surface area contributed by atoms with E-state index < -0.39 is 11.9 Å². The van der Waals surface area contributed by atoms with Crippen LogP contribution in [0.1, 0.15) is 48.8 Å². The Balaban J connectivity index is 1.45. The fourth-order valence-electron chi connectivity index (χ4n) is 5.25. The molecule has 7 heteroatoms. The Morgan fingerprint density at radius 1 is 0.875 bits per heavy atom. The molecule has 3 aromatic rings. The summed E-state index contributed by atoms with van der Waals surface area (Å²) in [4.78, 5) is 26.9. The van der Waals surface area contributed by atoms with E-state index in [1.54, 1.807) is 14.2 Å². The van der Waals surface area contributed by atoms with Crippen molar-refractivity contribution in [3.8, 4) is 17.2 Å². The largest absolute Gasteiger partial charge is 0.497 e. The van der Waals surface area contributed by atoms with Crippen molar-refractivity contribution in [1.29, 1.82) is 0 Å². The van der Waals surface area contributed by atoms with Crippen molar-refractivity contribution in [3.05, 3.63) is 112 Å². The van der Waals surface area contributed by atoms with Gasteiger partial charge < -0.3 is 24.3 Å². The zero-order valence-electron chi connectivity index (χ0n) is 23.0. The van der Waals surface area contributed by atoms with Crippen molar-refractivity contribution in [2.75, 3.05) is 14.2 Å². The van der Waals surface area contributed by atoms with Gasteiger partial charge in [-0.1, -0.05) is 48.5 Å². The standard InChI is InChI=1S/C33H33NO6/c1-21-30(33(36)40-20-23-12-15-25(37-2)16-13-23)31(32-26(34-21)10-7-11-27(32)35)24-14-17-28(29(18-24)38-3)39-19-22-8-5-4-6-9-22/h4-6,8-9,12-18,31,34H,7,10-11,19-20H2,1-3H3/t31-/m1/s1. The lowest BCUT2D eigenvalue weighted by atomic mass is 9.75. The van der Waals surface area contributed by atoms with Gasteiger partial charge >= 0.3 is 5.97 Å². The Hall–Kier alpha value is -4.52. The van der Waals surface area contributed by atoms with E-state index in [4.69, 9.17) is 18.9 Å². The number of hydrogen-bond donors (Lipinski definition) is 1. The van der Waals surface area contributed by atoms with E-state index in [2.05, 4.69) is 5.32 Å². The van der Waals surface area contributed by atoms with E-state index >= 15 is 0 Å². The molecule has 3 aromatic carbocycles. The highest BCUT2D eigenvalue weighted by molar-refractivity contribution is 6.03. The van der Waals surface area contributed by atoms with E-state index in [1.165, 1.54) is 0 Å². The first-order chi connectivity index (χ1) is 19.5. The lowest BCUT2D eigenvalue weighted by Gasteiger charge is -2.34. The van der Waals surface area contributed by atoms with Crippen LogP contribution in [0.4, 0.5) is 0 Å². The van der Waals surface area contributed by atoms with E-state index in [0.717, 1.165) is 41.0 Å². The molecule has 1 atom stereocenters. The summed E-state index contributed by atoms with van der Waals surface area (Å²) in [6.07, 6.45) is 1.97. The molecule has 1 heterocycles. The lowest BCUT2D eigenvalue weighted by Crippen LogP contribution is -2.34. The van der Waals surface area contributed by atoms with Crippen LogP contribution >= 0.6 is 0 Å². The van der Waals surface area contributed by atoms with Crippen molar-refractivity contribution in [2.45, 2.75) is 45.3 Å². The zero-order valence-corrected chi connectivity index (χ0v) is 23.0. The van der Waals surface area contributed by atoms with E-state index in [0.29, 0.717) is 41.4 Å². The van der Waals surface area contributed by atoms with Gasteiger partial charge in [-0.2, -0.15) is 0 Å². The molecule has 5 rings (SSSR count). The van der Waals surface area contributed by atoms with Gasteiger partial charge in [-0.15, -0.1) is 0 Å². The maximum absolute atomic E-state index is 13.6. The maximum atomic E-state index is 13.6. The molecule has 0 bridgehead atoms. The Labute approximate surface area is 234 Å². The first-order valence-corrected chi connectivity index (χ1v) is 13.4. The summed E-state index contributed by atoms with van der Waals surface area (Å²) < 4.78 is 22.7. The number of hydrogen-bond acceptors (Lipinski definition) is 7. The van der Waals surface area contributed by atoms with Crippen molar-refractivity contribution < 1.29 is 28.5 Å². The fraction of sp³-hybridized carbons (Fsp3) is 0.273. The molecule has 0 aromatic heterocycles. The minimum Gasteiger partial charge on any atom is -0.497 e. The SMILES string of the molecule is COc1ccc(COC(=O)C2=C(C)NC3=C(C(=O)CCC3)[C@@H]2c2ccc(OCc3ccccc3)c(OC)c2)cc1. The molecule has 206 valence electrons. The summed E-state index contributed by atoms with van der Waals surface area (Å²) in [5.41, 5.74) is 5.23. The molecule has 40 heavy (non-hydrogen) atoms. The Bertz CT molecular complexity index is 1460. The van der Waals surface area contributed by atoms with Crippen LogP contribution in [-0.2, 0) is 27.5 Å². The number of allylic oxidation sites excluding steroid dienone is 3. The number of methoxy groups -OCH3 is 2. The molecular weight excluding hydrogens is 506 g/mol. The van der Waals surface area contributed by atoms with Crippen LogP contribution in [0.2, 0.25) is 0 Å². The molecule has 0 unspecified atom stereocenters. The monoisotopic (exact) mass is 539 g/mol. The molecule has 1 aliphatic heterocycles. The smallest absolute Gasteiger partial charge is 0.337 e. The first kappa shape index (κ1) is 27.1. The number of Topliss-reactive ketones (excluding diaryl/α,β-unsaturated/α-hetero) is 1. The van der Waals surface area contributed by atoms with Gasteiger partial charge in [0.15, 0.2) is 17.3 Å². The first-order valence-electron chi connectivity index (χ1n) is 13.4. The second-order valence-electron chi connectivity index (χ2n) is 9.87. The van der Waals surface area contributed by atoms with Gasteiger partial charge in [0.1, 0.15) is 19.0 Å². The predicted octanol–water partition coefficient (Wildman–Crippen LogP) is 5.99. The number of ketones is 1. The van der Waals surface area contributed by atoms with Crippen molar-refractivity contribution in [3.63, 3.8) is 0 Å². The highest BCUT2D eigenvalue weighted by Crippen LogP contribution is 2.44. The number of nitrogens with one attached hydrogen (secondary N) is 1. The van der Waals surface area contributed by atoms with Crippen LogP contribution < -0.4 is 19.5 Å². The third kappa shape index (κ3) is 5.73. The number of ether oxygens (including phenoxy) is 4. The molecule has 1 aliphatic carbocycles. The Kier molecular flexibility index (Phi) is 8.20. The molecule has 7 nitrogen and oxygen atoms in total. The van der Waals surface area contributed by atoms with Crippen LogP contribution in [0.5, 0.6) is 17.2 Å². The third-order valence-corrected chi connectivity index (χ3v) is 7.28. The average Bonchev–Trinajstić information content (AvgIpc) is 2.99. The molecule has 0 amide bonds. The van der Waals surface area contributed by atoms with Gasteiger partial charge in [0.2, 0.25) is 0 Å². The van der Waals surface area contributed by atoms with Gasteiger partial charge in [0, 0.05) is 29.3 Å². The maximum Gasteiger partial charge on any atom is 0.337 e. The number of dihydropyridines is 1. The number of carbonyl (C=O) groups is 2.